The van der Waals surface area contributed by atoms with Gasteiger partial charge < -0.3 is 14.5 Å². The van der Waals surface area contributed by atoms with E-state index in [2.05, 4.69) is 5.32 Å². The van der Waals surface area contributed by atoms with Crippen molar-refractivity contribution in [1.82, 2.24) is 0 Å². The highest BCUT2D eigenvalue weighted by molar-refractivity contribution is 7.91. The van der Waals surface area contributed by atoms with Crippen LogP contribution in [0.15, 0.2) is 81.1 Å². The van der Waals surface area contributed by atoms with Crippen LogP contribution in [0.3, 0.4) is 0 Å². The molecule has 0 aliphatic rings. The first-order valence-electron chi connectivity index (χ1n) is 7.36. The zero-order valence-electron chi connectivity index (χ0n) is 13.3. The fourth-order valence-electron chi connectivity index (χ4n) is 2.20. The molecule has 0 unspecified atom stereocenters. The van der Waals surface area contributed by atoms with Crippen molar-refractivity contribution in [3.05, 3.63) is 72.5 Å². The highest BCUT2D eigenvalue weighted by Crippen LogP contribution is 2.23. The Bertz CT molecular complexity index is 993. The van der Waals surface area contributed by atoms with Gasteiger partial charge in [0.05, 0.1) is 12.0 Å². The molecule has 3 rings (SSSR count). The third-order valence-corrected chi connectivity index (χ3v) is 5.09. The van der Waals surface area contributed by atoms with Crippen LogP contribution in [0.5, 0.6) is 5.75 Å². The third kappa shape index (κ3) is 3.56. The standard InChI is InChI=1S/C18H15NO5S/c1-23-14-7-5-6-13(12-14)19-18(20)16-10-11-17(24-16)25(21,22)15-8-3-2-4-9-15/h2-12H,1H3,(H,19,20). The number of sulfone groups is 1. The molecule has 1 N–H and O–H groups in total. The maximum Gasteiger partial charge on any atom is 0.291 e. The molecule has 0 spiro atoms. The molecule has 0 aliphatic heterocycles. The number of carbonyl (C=O) groups excluding carboxylic acids is 1. The van der Waals surface area contributed by atoms with Crippen LogP contribution >= 0.6 is 0 Å². The Hall–Kier alpha value is -3.06. The maximum absolute atomic E-state index is 12.5. The van der Waals surface area contributed by atoms with Crippen molar-refractivity contribution >= 4 is 21.4 Å². The highest BCUT2D eigenvalue weighted by Gasteiger charge is 2.23. The molecule has 128 valence electrons. The molecule has 0 saturated carbocycles. The minimum Gasteiger partial charge on any atom is -0.497 e. The van der Waals surface area contributed by atoms with Gasteiger partial charge >= 0.3 is 0 Å². The van der Waals surface area contributed by atoms with E-state index in [1.54, 1.807) is 42.5 Å². The molecule has 1 aromatic heterocycles. The molecule has 2 aromatic carbocycles. The number of nitrogens with one attached hydrogen (secondary N) is 1. The Kier molecular flexibility index (Phi) is 4.58. The van der Waals surface area contributed by atoms with Crippen molar-refractivity contribution < 1.29 is 22.4 Å². The number of rotatable bonds is 5. The summed E-state index contributed by atoms with van der Waals surface area (Å²) in [5, 5.41) is 2.35. The molecule has 0 radical (unpaired) electrons. The predicted molar refractivity (Wildman–Crippen MR) is 91.5 cm³/mol. The fraction of sp³-hybridized carbons (Fsp3) is 0.0556. The van der Waals surface area contributed by atoms with Crippen molar-refractivity contribution in [2.75, 3.05) is 12.4 Å². The summed E-state index contributed by atoms with van der Waals surface area (Å²) in [6, 6.07) is 17.3. The zero-order chi connectivity index (χ0) is 17.9. The highest BCUT2D eigenvalue weighted by atomic mass is 32.2. The Labute approximate surface area is 145 Å². The van der Waals surface area contributed by atoms with Crippen LogP contribution in [-0.4, -0.2) is 21.4 Å². The normalized spacial score (nSPS) is 11.1. The van der Waals surface area contributed by atoms with E-state index >= 15 is 0 Å². The second-order valence-electron chi connectivity index (χ2n) is 5.12. The maximum atomic E-state index is 12.5. The topological polar surface area (TPSA) is 85.6 Å². The van der Waals surface area contributed by atoms with Crippen molar-refractivity contribution in [3.63, 3.8) is 0 Å². The largest absolute Gasteiger partial charge is 0.497 e. The smallest absolute Gasteiger partial charge is 0.291 e. The van der Waals surface area contributed by atoms with Crippen LogP contribution in [0, 0.1) is 0 Å². The summed E-state index contributed by atoms with van der Waals surface area (Å²) >= 11 is 0. The van der Waals surface area contributed by atoms with E-state index in [4.69, 9.17) is 9.15 Å². The summed E-state index contributed by atoms with van der Waals surface area (Å²) in [6.45, 7) is 0. The van der Waals surface area contributed by atoms with Gasteiger partial charge in [-0.2, -0.15) is 0 Å². The number of methoxy groups -OCH3 is 1. The third-order valence-electron chi connectivity index (χ3n) is 3.45. The Morgan fingerprint density at radius 3 is 2.48 bits per heavy atom. The van der Waals surface area contributed by atoms with Gasteiger partial charge in [-0.3, -0.25) is 4.79 Å². The summed E-state index contributed by atoms with van der Waals surface area (Å²) < 4.78 is 35.3. The second-order valence-corrected chi connectivity index (χ2v) is 7.00. The summed E-state index contributed by atoms with van der Waals surface area (Å²) in [5.74, 6) is -0.0651. The van der Waals surface area contributed by atoms with Crippen molar-refractivity contribution in [2.45, 2.75) is 9.99 Å². The van der Waals surface area contributed by atoms with E-state index < -0.39 is 15.7 Å². The molecule has 7 heteroatoms. The van der Waals surface area contributed by atoms with Crippen LogP contribution in [-0.2, 0) is 9.84 Å². The molecule has 0 atom stereocenters. The van der Waals surface area contributed by atoms with Crippen LogP contribution in [0.4, 0.5) is 5.69 Å². The predicted octanol–water partition coefficient (Wildman–Crippen LogP) is 3.37. The molecule has 0 aliphatic carbocycles. The number of hydrogen-bond donors (Lipinski definition) is 1. The number of carbonyl (C=O) groups is 1. The van der Waals surface area contributed by atoms with Crippen molar-refractivity contribution in [2.24, 2.45) is 0 Å². The quantitative estimate of drug-likeness (QED) is 0.757. The molecular weight excluding hydrogens is 342 g/mol. The fourth-order valence-corrected chi connectivity index (χ4v) is 3.39. The zero-order valence-corrected chi connectivity index (χ0v) is 14.1. The monoisotopic (exact) mass is 357 g/mol. The van der Waals surface area contributed by atoms with Crippen LogP contribution < -0.4 is 10.1 Å². The molecule has 0 fully saturated rings. The van der Waals surface area contributed by atoms with Crippen molar-refractivity contribution in [3.8, 4) is 5.75 Å². The lowest BCUT2D eigenvalue weighted by Crippen LogP contribution is -2.11. The summed E-state index contributed by atoms with van der Waals surface area (Å²) in [6.07, 6.45) is 0. The number of furan rings is 1. The van der Waals surface area contributed by atoms with E-state index in [1.165, 1.54) is 31.4 Å². The number of hydrogen-bond acceptors (Lipinski definition) is 5. The van der Waals surface area contributed by atoms with Crippen molar-refractivity contribution in [1.29, 1.82) is 0 Å². The molecule has 0 bridgehead atoms. The van der Waals surface area contributed by atoms with E-state index in [9.17, 15) is 13.2 Å². The Morgan fingerprint density at radius 2 is 1.76 bits per heavy atom. The first-order valence-corrected chi connectivity index (χ1v) is 8.84. The first-order chi connectivity index (χ1) is 12.0. The van der Waals surface area contributed by atoms with Gasteiger partial charge in [0.1, 0.15) is 5.75 Å². The van der Waals surface area contributed by atoms with Gasteiger partial charge in [0.15, 0.2) is 5.76 Å². The van der Waals surface area contributed by atoms with Gasteiger partial charge in [-0.25, -0.2) is 8.42 Å². The Balaban J connectivity index is 1.82. The summed E-state index contributed by atoms with van der Waals surface area (Å²) in [5.41, 5.74) is 0.508. The molecule has 3 aromatic rings. The summed E-state index contributed by atoms with van der Waals surface area (Å²) in [7, 11) is -2.28. The van der Waals surface area contributed by atoms with Crippen LogP contribution in [0.25, 0.3) is 0 Å². The van der Waals surface area contributed by atoms with E-state index in [-0.39, 0.29) is 15.7 Å². The SMILES string of the molecule is COc1cccc(NC(=O)c2ccc(S(=O)(=O)c3ccccc3)o2)c1. The molecule has 25 heavy (non-hydrogen) atoms. The average Bonchev–Trinajstić information content (AvgIpc) is 3.14. The lowest BCUT2D eigenvalue weighted by Gasteiger charge is -2.05. The van der Waals surface area contributed by atoms with Gasteiger partial charge in [-0.15, -0.1) is 0 Å². The molecule has 1 amide bonds. The molecular formula is C18H15NO5S. The lowest BCUT2D eigenvalue weighted by atomic mass is 10.3. The Morgan fingerprint density at radius 1 is 1.00 bits per heavy atom. The van der Waals surface area contributed by atoms with E-state index in [1.807, 2.05) is 0 Å². The minimum atomic E-state index is -3.80. The molecule has 6 nitrogen and oxygen atoms in total. The van der Waals surface area contributed by atoms with Crippen LogP contribution in [0.2, 0.25) is 0 Å². The van der Waals surface area contributed by atoms with Gasteiger partial charge in [0.25, 0.3) is 5.91 Å². The number of anilines is 1. The number of ether oxygens (including phenoxy) is 1. The average molecular weight is 357 g/mol. The summed E-state index contributed by atoms with van der Waals surface area (Å²) in [4.78, 5) is 12.4. The van der Waals surface area contributed by atoms with Gasteiger partial charge in [0, 0.05) is 11.8 Å². The lowest BCUT2D eigenvalue weighted by molar-refractivity contribution is 0.0991. The molecule has 0 saturated heterocycles. The first kappa shape index (κ1) is 16.8. The van der Waals surface area contributed by atoms with Gasteiger partial charge in [-0.1, -0.05) is 24.3 Å². The minimum absolute atomic E-state index is 0.0997. The van der Waals surface area contributed by atoms with E-state index in [0.717, 1.165) is 0 Å². The van der Waals surface area contributed by atoms with Crippen LogP contribution in [0.1, 0.15) is 10.6 Å². The van der Waals surface area contributed by atoms with Gasteiger partial charge in [0.2, 0.25) is 14.9 Å². The number of amides is 1. The number of benzene rings is 2. The second kappa shape index (κ2) is 6.82. The molecule has 1 heterocycles. The van der Waals surface area contributed by atoms with Gasteiger partial charge in [-0.05, 0) is 36.4 Å². The van der Waals surface area contributed by atoms with E-state index in [0.29, 0.717) is 11.4 Å².